The first-order valence-corrected chi connectivity index (χ1v) is 7.60. The third-order valence-corrected chi connectivity index (χ3v) is 4.89. The molecule has 0 spiro atoms. The summed E-state index contributed by atoms with van der Waals surface area (Å²) in [5.41, 5.74) is 2.24. The Hall–Kier alpha value is -0.990. The number of amides is 1. The lowest BCUT2D eigenvalue weighted by Crippen LogP contribution is -2.31. The molecule has 2 nitrogen and oxygen atoms in total. The lowest BCUT2D eigenvalue weighted by molar-refractivity contribution is -0.120. The summed E-state index contributed by atoms with van der Waals surface area (Å²) in [4.78, 5) is 14.7. The van der Waals surface area contributed by atoms with Crippen LogP contribution in [0.5, 0.6) is 0 Å². The number of allylic oxidation sites excluding steroid dienone is 1. The van der Waals surface area contributed by atoms with Crippen LogP contribution in [0.1, 0.15) is 19.4 Å². The summed E-state index contributed by atoms with van der Waals surface area (Å²) in [6.07, 6.45) is 2.74. The number of hydrogen-bond acceptors (Lipinski definition) is 1. The van der Waals surface area contributed by atoms with Gasteiger partial charge in [0.1, 0.15) is 4.49 Å². The molecule has 1 heterocycles. The Morgan fingerprint density at radius 2 is 2.05 bits per heavy atom. The van der Waals surface area contributed by atoms with Crippen molar-refractivity contribution in [3.63, 3.8) is 0 Å². The first-order chi connectivity index (χ1) is 9.43. The number of anilines is 1. The summed E-state index contributed by atoms with van der Waals surface area (Å²) in [5.74, 6) is 0.296. The van der Waals surface area contributed by atoms with Crippen molar-refractivity contribution in [2.75, 3.05) is 11.4 Å². The van der Waals surface area contributed by atoms with Crippen LogP contribution < -0.4 is 4.90 Å². The first-order valence-electron chi connectivity index (χ1n) is 6.85. The first kappa shape index (κ1) is 14.0. The Kier molecular flexibility index (Phi) is 3.34. The molecule has 3 rings (SSSR count). The molecule has 4 heteroatoms. The van der Waals surface area contributed by atoms with E-state index in [4.69, 9.17) is 23.2 Å². The molecule has 1 aromatic carbocycles. The molecule has 2 aliphatic rings. The molecule has 1 aromatic rings. The van der Waals surface area contributed by atoms with Crippen molar-refractivity contribution in [3.8, 4) is 0 Å². The number of benzene rings is 1. The van der Waals surface area contributed by atoms with Gasteiger partial charge in [0.2, 0.25) is 5.91 Å². The van der Waals surface area contributed by atoms with E-state index in [1.54, 1.807) is 6.08 Å². The van der Waals surface area contributed by atoms with Crippen LogP contribution in [-0.4, -0.2) is 12.5 Å². The highest BCUT2D eigenvalue weighted by Gasteiger charge is 2.61. The van der Waals surface area contributed by atoms with E-state index in [0.29, 0.717) is 0 Å². The summed E-state index contributed by atoms with van der Waals surface area (Å²) in [6, 6.07) is 8.12. The highest BCUT2D eigenvalue weighted by Crippen LogP contribution is 2.60. The van der Waals surface area contributed by atoms with Gasteiger partial charge in [0.05, 0.1) is 5.92 Å². The number of para-hydroxylation sites is 1. The summed E-state index contributed by atoms with van der Waals surface area (Å²) >= 11 is 11.5. The number of hydrogen-bond donors (Lipinski definition) is 0. The number of carbonyl (C=O) groups is 1. The van der Waals surface area contributed by atoms with Gasteiger partial charge in [-0.2, -0.15) is 0 Å². The normalized spacial score (nSPS) is 26.1. The van der Waals surface area contributed by atoms with Crippen LogP contribution in [0.2, 0.25) is 0 Å². The number of rotatable bonds is 2. The molecular formula is C16H17Cl2NO. The van der Waals surface area contributed by atoms with Gasteiger partial charge in [-0.1, -0.05) is 55.2 Å². The fraction of sp³-hybridized carbons (Fsp3) is 0.438. The number of fused-ring (bicyclic) bond motifs is 1. The molecule has 0 N–H and O–H groups in total. The maximum Gasteiger partial charge on any atom is 0.231 e. The number of carbonyl (C=O) groups excluding carboxylic acids is 1. The SMILES string of the molecule is CC1(C)C(C=C(Cl)Cl)C1C(=O)N1CCc2ccccc21. The quantitative estimate of drug-likeness (QED) is 0.803. The second-order valence-corrected chi connectivity index (χ2v) is 7.16. The zero-order chi connectivity index (χ0) is 14.5. The lowest BCUT2D eigenvalue weighted by Gasteiger charge is -2.18. The van der Waals surface area contributed by atoms with E-state index in [0.717, 1.165) is 18.7 Å². The van der Waals surface area contributed by atoms with Gasteiger partial charge in [-0.25, -0.2) is 0 Å². The van der Waals surface area contributed by atoms with Gasteiger partial charge in [0.15, 0.2) is 0 Å². The highest BCUT2D eigenvalue weighted by molar-refractivity contribution is 6.55. The van der Waals surface area contributed by atoms with E-state index in [-0.39, 0.29) is 27.6 Å². The smallest absolute Gasteiger partial charge is 0.231 e. The predicted molar refractivity (Wildman–Crippen MR) is 83.0 cm³/mol. The molecule has 0 bridgehead atoms. The second-order valence-electron chi connectivity index (χ2n) is 6.15. The van der Waals surface area contributed by atoms with E-state index in [1.807, 2.05) is 23.1 Å². The van der Waals surface area contributed by atoms with Gasteiger partial charge < -0.3 is 4.90 Å². The molecule has 106 valence electrons. The van der Waals surface area contributed by atoms with Crippen molar-refractivity contribution < 1.29 is 4.79 Å². The van der Waals surface area contributed by atoms with Gasteiger partial charge in [-0.3, -0.25) is 4.79 Å². The van der Waals surface area contributed by atoms with E-state index >= 15 is 0 Å². The molecule has 2 atom stereocenters. The van der Waals surface area contributed by atoms with E-state index in [9.17, 15) is 4.79 Å². The maximum absolute atomic E-state index is 12.8. The van der Waals surface area contributed by atoms with Crippen molar-refractivity contribution in [3.05, 3.63) is 40.4 Å². The van der Waals surface area contributed by atoms with E-state index in [2.05, 4.69) is 19.9 Å². The Bertz CT molecular complexity index is 590. The average molecular weight is 310 g/mol. The third kappa shape index (κ3) is 2.15. The summed E-state index contributed by atoms with van der Waals surface area (Å²) in [7, 11) is 0. The number of nitrogens with zero attached hydrogens (tertiary/aromatic N) is 1. The predicted octanol–water partition coefficient (Wildman–Crippen LogP) is 4.17. The minimum atomic E-state index is -0.0658. The van der Waals surface area contributed by atoms with Crippen LogP contribution in [0.25, 0.3) is 0 Å². The Morgan fingerprint density at radius 1 is 1.35 bits per heavy atom. The molecule has 1 saturated carbocycles. The van der Waals surface area contributed by atoms with Crippen molar-refractivity contribution in [1.29, 1.82) is 0 Å². The minimum Gasteiger partial charge on any atom is -0.312 e. The molecule has 2 unspecified atom stereocenters. The molecule has 1 fully saturated rings. The van der Waals surface area contributed by atoms with Gasteiger partial charge in [-0.05, 0) is 35.5 Å². The maximum atomic E-state index is 12.8. The summed E-state index contributed by atoms with van der Waals surface area (Å²) in [5, 5.41) is 0. The monoisotopic (exact) mass is 309 g/mol. The second kappa shape index (κ2) is 4.78. The van der Waals surface area contributed by atoms with Gasteiger partial charge in [0, 0.05) is 12.2 Å². The number of halogens is 2. The Balaban J connectivity index is 1.84. The topological polar surface area (TPSA) is 20.3 Å². The van der Waals surface area contributed by atoms with Crippen molar-refractivity contribution in [2.24, 2.45) is 17.3 Å². The standard InChI is InChI=1S/C16H17Cl2NO/c1-16(2)11(9-13(17)18)14(16)15(20)19-8-7-10-5-3-4-6-12(10)19/h3-6,9,11,14H,7-8H2,1-2H3. The molecule has 20 heavy (non-hydrogen) atoms. The zero-order valence-corrected chi connectivity index (χ0v) is 13.1. The molecule has 1 aliphatic carbocycles. The Morgan fingerprint density at radius 3 is 2.75 bits per heavy atom. The van der Waals surface area contributed by atoms with E-state index < -0.39 is 0 Å². The Labute approximate surface area is 129 Å². The summed E-state index contributed by atoms with van der Waals surface area (Å²) in [6.45, 7) is 4.96. The molecule has 0 radical (unpaired) electrons. The van der Waals surface area contributed by atoms with Crippen LogP contribution in [0, 0.1) is 17.3 Å². The fourth-order valence-corrected chi connectivity index (χ4v) is 3.60. The fourth-order valence-electron chi connectivity index (χ4n) is 3.33. The zero-order valence-electron chi connectivity index (χ0n) is 11.6. The molecule has 1 aliphatic heterocycles. The van der Waals surface area contributed by atoms with Crippen LogP contribution >= 0.6 is 23.2 Å². The van der Waals surface area contributed by atoms with Crippen LogP contribution in [-0.2, 0) is 11.2 Å². The molecular weight excluding hydrogens is 293 g/mol. The van der Waals surface area contributed by atoms with Crippen LogP contribution in [0.4, 0.5) is 5.69 Å². The molecule has 0 saturated heterocycles. The molecule has 0 aromatic heterocycles. The van der Waals surface area contributed by atoms with Gasteiger partial charge in [-0.15, -0.1) is 0 Å². The average Bonchev–Trinajstić information content (AvgIpc) is 2.75. The van der Waals surface area contributed by atoms with E-state index in [1.165, 1.54) is 5.56 Å². The largest absolute Gasteiger partial charge is 0.312 e. The highest BCUT2D eigenvalue weighted by atomic mass is 35.5. The van der Waals surface area contributed by atoms with Crippen molar-refractivity contribution in [1.82, 2.24) is 0 Å². The molecule has 1 amide bonds. The van der Waals surface area contributed by atoms with Crippen molar-refractivity contribution in [2.45, 2.75) is 20.3 Å². The van der Waals surface area contributed by atoms with Crippen molar-refractivity contribution >= 4 is 34.8 Å². The third-order valence-electron chi connectivity index (χ3n) is 4.64. The van der Waals surface area contributed by atoms with Crippen LogP contribution in [0.15, 0.2) is 34.8 Å². The summed E-state index contributed by atoms with van der Waals surface area (Å²) < 4.78 is 0.250. The van der Waals surface area contributed by atoms with Crippen LogP contribution in [0.3, 0.4) is 0 Å². The van der Waals surface area contributed by atoms with Gasteiger partial charge in [0.25, 0.3) is 0 Å². The lowest BCUT2D eigenvalue weighted by atomic mass is 10.1. The van der Waals surface area contributed by atoms with Gasteiger partial charge >= 0.3 is 0 Å². The minimum absolute atomic E-state index is 0.0267.